The summed E-state index contributed by atoms with van der Waals surface area (Å²) in [7, 11) is -2.85. The van der Waals surface area contributed by atoms with E-state index in [0.29, 0.717) is 18.2 Å². The normalized spacial score (nSPS) is 27.6. The zero-order chi connectivity index (χ0) is 18.7. The van der Waals surface area contributed by atoms with Gasteiger partial charge in [-0.1, -0.05) is 24.3 Å². The van der Waals surface area contributed by atoms with E-state index in [2.05, 4.69) is 34.5 Å². The highest BCUT2D eigenvalue weighted by molar-refractivity contribution is 7.91. The Morgan fingerprint density at radius 1 is 1.22 bits per heavy atom. The highest BCUT2D eigenvalue weighted by atomic mass is 32.2. The summed E-state index contributed by atoms with van der Waals surface area (Å²) in [5.41, 5.74) is 2.77. The number of benzene rings is 1. The highest BCUT2D eigenvalue weighted by Crippen LogP contribution is 2.21. The molecule has 0 saturated carbocycles. The van der Waals surface area contributed by atoms with Gasteiger partial charge in [0.1, 0.15) is 0 Å². The van der Waals surface area contributed by atoms with E-state index >= 15 is 0 Å². The van der Waals surface area contributed by atoms with Crippen LogP contribution in [0.3, 0.4) is 0 Å². The number of hydrogen-bond donors (Lipinski definition) is 1. The molecule has 2 unspecified atom stereocenters. The zero-order valence-electron chi connectivity index (χ0n) is 15.8. The van der Waals surface area contributed by atoms with Crippen LogP contribution < -0.4 is 5.32 Å². The van der Waals surface area contributed by atoms with E-state index < -0.39 is 9.84 Å². The molecule has 2 saturated heterocycles. The van der Waals surface area contributed by atoms with E-state index in [4.69, 9.17) is 9.73 Å². The van der Waals surface area contributed by atoms with Crippen molar-refractivity contribution in [1.29, 1.82) is 0 Å². The summed E-state index contributed by atoms with van der Waals surface area (Å²) in [5.74, 6) is 2.19. The van der Waals surface area contributed by atoms with Gasteiger partial charge in [-0.3, -0.25) is 4.99 Å². The Morgan fingerprint density at radius 3 is 2.81 bits per heavy atom. The van der Waals surface area contributed by atoms with Gasteiger partial charge in [-0.05, 0) is 36.3 Å². The molecule has 0 aromatic heterocycles. The molecule has 1 aromatic rings. The van der Waals surface area contributed by atoms with Crippen molar-refractivity contribution in [1.82, 2.24) is 10.2 Å². The third-order valence-corrected chi connectivity index (χ3v) is 7.67. The first kappa shape index (κ1) is 18.7. The summed E-state index contributed by atoms with van der Waals surface area (Å²) >= 11 is 0. The fourth-order valence-electron chi connectivity index (χ4n) is 4.16. The van der Waals surface area contributed by atoms with Crippen LogP contribution in [0.15, 0.2) is 29.3 Å². The van der Waals surface area contributed by atoms with Crippen molar-refractivity contribution < 1.29 is 13.2 Å². The van der Waals surface area contributed by atoms with Gasteiger partial charge in [0, 0.05) is 38.7 Å². The Balaban J connectivity index is 1.44. The van der Waals surface area contributed by atoms with E-state index in [9.17, 15) is 8.42 Å². The molecule has 4 rings (SSSR count). The summed E-state index contributed by atoms with van der Waals surface area (Å²) in [6, 6.07) is 8.58. The van der Waals surface area contributed by atoms with Crippen LogP contribution >= 0.6 is 0 Å². The molecule has 0 amide bonds. The quantitative estimate of drug-likeness (QED) is 0.622. The molecular formula is C20H29N3O3S. The molecule has 6 nitrogen and oxygen atoms in total. The number of hydrogen-bond acceptors (Lipinski definition) is 4. The summed E-state index contributed by atoms with van der Waals surface area (Å²) in [6.45, 7) is 4.89. The minimum absolute atomic E-state index is 0.152. The largest absolute Gasteiger partial charge is 0.381 e. The van der Waals surface area contributed by atoms with Gasteiger partial charge in [-0.25, -0.2) is 8.42 Å². The lowest BCUT2D eigenvalue weighted by atomic mass is 10.0. The number of ether oxygens (including phenoxy) is 1. The van der Waals surface area contributed by atoms with E-state index in [1.165, 1.54) is 11.1 Å². The molecule has 3 heterocycles. The summed E-state index contributed by atoms with van der Waals surface area (Å²) in [5, 5.41) is 3.55. The topological polar surface area (TPSA) is 71.0 Å². The predicted molar refractivity (Wildman–Crippen MR) is 107 cm³/mol. The number of nitrogens with zero attached hydrogens (tertiary/aromatic N) is 2. The Labute approximate surface area is 161 Å². The summed E-state index contributed by atoms with van der Waals surface area (Å²) < 4.78 is 29.0. The molecule has 0 radical (unpaired) electrons. The van der Waals surface area contributed by atoms with Gasteiger partial charge in [0.15, 0.2) is 15.8 Å². The van der Waals surface area contributed by atoms with Gasteiger partial charge in [0.2, 0.25) is 0 Å². The number of aliphatic imine (C=N–C) groups is 1. The lowest BCUT2D eigenvalue weighted by molar-refractivity contribution is 0.186. The molecule has 3 aliphatic rings. The number of nitrogens with one attached hydrogen (secondary N) is 1. The minimum atomic E-state index is -2.85. The van der Waals surface area contributed by atoms with Gasteiger partial charge in [0.05, 0.1) is 18.1 Å². The lowest BCUT2D eigenvalue weighted by Crippen LogP contribution is -2.45. The van der Waals surface area contributed by atoms with Crippen LogP contribution in [0.1, 0.15) is 24.0 Å². The first-order valence-electron chi connectivity index (χ1n) is 9.97. The maximum atomic E-state index is 11.7. The van der Waals surface area contributed by atoms with Gasteiger partial charge >= 0.3 is 0 Å². The third-order valence-electron chi connectivity index (χ3n) is 5.83. The molecule has 0 spiro atoms. The second-order valence-electron chi connectivity index (χ2n) is 7.98. The first-order valence-corrected chi connectivity index (χ1v) is 11.8. The van der Waals surface area contributed by atoms with Gasteiger partial charge in [0.25, 0.3) is 0 Å². The van der Waals surface area contributed by atoms with Crippen molar-refractivity contribution in [3.05, 3.63) is 35.4 Å². The third kappa shape index (κ3) is 4.82. The molecule has 0 aliphatic carbocycles. The van der Waals surface area contributed by atoms with Crippen LogP contribution in [0.4, 0.5) is 0 Å². The van der Waals surface area contributed by atoms with E-state index in [0.717, 1.165) is 58.1 Å². The molecular weight excluding hydrogens is 362 g/mol. The molecule has 3 aliphatic heterocycles. The van der Waals surface area contributed by atoms with Crippen molar-refractivity contribution in [3.8, 4) is 0 Å². The smallest absolute Gasteiger partial charge is 0.194 e. The number of guanidine groups is 1. The Hall–Kier alpha value is -1.60. The molecule has 148 valence electrons. The van der Waals surface area contributed by atoms with Crippen molar-refractivity contribution in [2.45, 2.75) is 25.8 Å². The van der Waals surface area contributed by atoms with Gasteiger partial charge in [-0.15, -0.1) is 0 Å². The fraction of sp³-hybridized carbons (Fsp3) is 0.650. The summed E-state index contributed by atoms with van der Waals surface area (Å²) in [4.78, 5) is 7.16. The zero-order valence-corrected chi connectivity index (χ0v) is 16.6. The lowest BCUT2D eigenvalue weighted by Gasteiger charge is -2.32. The molecule has 1 aromatic carbocycles. The van der Waals surface area contributed by atoms with Crippen molar-refractivity contribution in [3.63, 3.8) is 0 Å². The van der Waals surface area contributed by atoms with Crippen molar-refractivity contribution >= 4 is 15.8 Å². The van der Waals surface area contributed by atoms with Crippen LogP contribution in [0.5, 0.6) is 0 Å². The van der Waals surface area contributed by atoms with Crippen LogP contribution in [0.2, 0.25) is 0 Å². The Morgan fingerprint density at radius 2 is 2.07 bits per heavy atom. The van der Waals surface area contributed by atoms with Crippen LogP contribution in [0, 0.1) is 11.8 Å². The summed E-state index contributed by atoms with van der Waals surface area (Å²) in [6.07, 6.45) is 2.84. The molecule has 27 heavy (non-hydrogen) atoms. The SMILES string of the molecule is O=S1(=O)CCC(CN=C(NCC2CCOC2)N2CCc3ccccc3C2)C1. The monoisotopic (exact) mass is 391 g/mol. The second-order valence-corrected chi connectivity index (χ2v) is 10.2. The van der Waals surface area contributed by atoms with Gasteiger partial charge in [-0.2, -0.15) is 0 Å². The van der Waals surface area contributed by atoms with Gasteiger partial charge < -0.3 is 15.0 Å². The standard InChI is InChI=1S/C20H29N3O3S/c24-27(25)10-7-17(15-27)12-22-20(21-11-16-6-9-26-14-16)23-8-5-18-3-1-2-4-19(18)13-23/h1-4,16-17H,5-15H2,(H,21,22). The van der Waals surface area contributed by atoms with Crippen molar-refractivity contribution in [2.24, 2.45) is 16.8 Å². The number of rotatable bonds is 4. The highest BCUT2D eigenvalue weighted by Gasteiger charge is 2.28. The van der Waals surface area contributed by atoms with E-state index in [1.54, 1.807) is 0 Å². The fourth-order valence-corrected chi connectivity index (χ4v) is 6.01. The minimum Gasteiger partial charge on any atom is -0.381 e. The molecule has 0 bridgehead atoms. The molecule has 1 N–H and O–H groups in total. The van der Waals surface area contributed by atoms with E-state index in [1.807, 2.05) is 0 Å². The molecule has 7 heteroatoms. The Kier molecular flexibility index (Phi) is 5.68. The number of sulfone groups is 1. The van der Waals surface area contributed by atoms with Crippen LogP contribution in [-0.4, -0.2) is 63.6 Å². The first-order chi connectivity index (χ1) is 13.1. The van der Waals surface area contributed by atoms with E-state index in [-0.39, 0.29) is 11.7 Å². The maximum Gasteiger partial charge on any atom is 0.194 e. The van der Waals surface area contributed by atoms with Crippen molar-refractivity contribution in [2.75, 3.05) is 44.4 Å². The average Bonchev–Trinajstić information content (AvgIpc) is 3.30. The molecule has 2 fully saturated rings. The maximum absolute atomic E-state index is 11.7. The van der Waals surface area contributed by atoms with Crippen LogP contribution in [-0.2, 0) is 27.5 Å². The second kappa shape index (κ2) is 8.19. The number of fused-ring (bicyclic) bond motifs is 1. The predicted octanol–water partition coefficient (Wildman–Crippen LogP) is 1.46. The average molecular weight is 392 g/mol. The Bertz CT molecular complexity index is 787. The molecule has 2 atom stereocenters. The van der Waals surface area contributed by atoms with Crippen LogP contribution in [0.25, 0.3) is 0 Å².